The zero-order valence-electron chi connectivity index (χ0n) is 17.5. The summed E-state index contributed by atoms with van der Waals surface area (Å²) in [5.74, 6) is -0.0278. The SMILES string of the molecule is CC(C)(O)c1nc(CO)c(S(N)=O)s1.NC(=O)Nc1c2c(c(F)c3c1CCC3)CCC2. The molecule has 2 aliphatic rings. The summed E-state index contributed by atoms with van der Waals surface area (Å²) in [5, 5.41) is 26.8. The lowest BCUT2D eigenvalue weighted by Crippen LogP contribution is -2.21. The zero-order valence-corrected chi connectivity index (χ0v) is 19.1. The molecule has 11 heteroatoms. The fourth-order valence-corrected chi connectivity index (χ4v) is 5.74. The lowest BCUT2D eigenvalue weighted by molar-refractivity contribution is 0.0779. The van der Waals surface area contributed by atoms with Crippen molar-refractivity contribution < 1.29 is 23.6 Å². The highest BCUT2D eigenvalue weighted by molar-refractivity contribution is 7.85. The number of fused-ring (bicyclic) bond motifs is 2. The van der Waals surface area contributed by atoms with Crippen LogP contribution in [0.4, 0.5) is 14.9 Å². The van der Waals surface area contributed by atoms with E-state index in [1.54, 1.807) is 13.8 Å². The highest BCUT2D eigenvalue weighted by Gasteiger charge is 2.29. The van der Waals surface area contributed by atoms with E-state index in [1.807, 2.05) is 0 Å². The molecule has 1 aromatic heterocycles. The van der Waals surface area contributed by atoms with E-state index >= 15 is 0 Å². The second kappa shape index (κ2) is 9.29. The van der Waals surface area contributed by atoms with Crippen LogP contribution in [0, 0.1) is 5.82 Å². The topological polar surface area (TPSA) is 152 Å². The Labute approximate surface area is 186 Å². The van der Waals surface area contributed by atoms with E-state index in [0.29, 0.717) is 9.22 Å². The van der Waals surface area contributed by atoms with E-state index in [1.165, 1.54) is 0 Å². The van der Waals surface area contributed by atoms with Crippen LogP contribution < -0.4 is 16.2 Å². The lowest BCUT2D eigenvalue weighted by Gasteiger charge is -2.16. The van der Waals surface area contributed by atoms with E-state index in [4.69, 9.17) is 16.0 Å². The number of nitrogens with two attached hydrogens (primary N) is 2. The quantitative estimate of drug-likeness (QED) is 0.464. The number of aliphatic hydroxyl groups excluding tert-OH is 1. The number of nitrogens with zero attached hydrogens (tertiary/aromatic N) is 1. The first-order valence-corrected chi connectivity index (χ1v) is 12.0. The summed E-state index contributed by atoms with van der Waals surface area (Å²) in [4.78, 5) is 15.0. The number of halogens is 1. The Morgan fingerprint density at radius 1 is 1.19 bits per heavy atom. The summed E-state index contributed by atoms with van der Waals surface area (Å²) in [6, 6.07) is -0.556. The fourth-order valence-electron chi connectivity index (χ4n) is 4.02. The molecule has 0 fully saturated rings. The highest BCUT2D eigenvalue weighted by atomic mass is 32.2. The number of thiazole rings is 1. The Kier molecular flexibility index (Phi) is 7.11. The Hall–Kier alpha value is -1.92. The number of hydrogen-bond acceptors (Lipinski definition) is 6. The molecule has 8 nitrogen and oxygen atoms in total. The standard InChI is InChI=1S/C13H15FN2O.C7H12N2O3S2/c14-11-7-3-1-5-9(7)12(16-13(15)17)10-6-2-4-8(10)11;1-7(2,11)6-9-4(3-10)5(13-6)14(8)12/h1-6H2,(H3,15,16,17);10-11H,3,8H2,1-2H3. The molecular formula is C20H27FN4O4S2. The molecule has 4 rings (SSSR count). The minimum absolute atomic E-state index is 0.0278. The maximum absolute atomic E-state index is 14.2. The number of urea groups is 1. The molecule has 1 atom stereocenters. The first kappa shape index (κ1) is 23.7. The number of anilines is 1. The minimum atomic E-state index is -1.67. The first-order chi connectivity index (χ1) is 14.5. The van der Waals surface area contributed by atoms with Crippen molar-refractivity contribution in [2.45, 2.75) is 68.8 Å². The molecule has 7 N–H and O–H groups in total. The smallest absolute Gasteiger partial charge is 0.316 e. The van der Waals surface area contributed by atoms with Crippen molar-refractivity contribution in [1.82, 2.24) is 4.98 Å². The van der Waals surface area contributed by atoms with Gasteiger partial charge in [0.1, 0.15) is 31.6 Å². The van der Waals surface area contributed by atoms with Gasteiger partial charge in [0.25, 0.3) is 0 Å². The normalized spacial score (nSPS) is 15.7. The third kappa shape index (κ3) is 4.96. The molecule has 170 valence electrons. The summed E-state index contributed by atoms with van der Waals surface area (Å²) < 4.78 is 25.6. The van der Waals surface area contributed by atoms with E-state index in [9.17, 15) is 18.5 Å². The minimum Gasteiger partial charge on any atom is -0.390 e. The van der Waals surface area contributed by atoms with Crippen LogP contribution in [0.5, 0.6) is 0 Å². The Bertz CT molecular complexity index is 998. The number of rotatable bonds is 4. The number of aliphatic hydroxyl groups is 2. The van der Waals surface area contributed by atoms with Gasteiger partial charge in [-0.1, -0.05) is 0 Å². The number of hydrogen-bond donors (Lipinski definition) is 5. The van der Waals surface area contributed by atoms with Gasteiger partial charge in [0, 0.05) is 5.69 Å². The molecule has 31 heavy (non-hydrogen) atoms. The van der Waals surface area contributed by atoms with Gasteiger partial charge in [-0.3, -0.25) is 0 Å². The third-order valence-corrected chi connectivity index (χ3v) is 7.88. The first-order valence-electron chi connectivity index (χ1n) is 9.95. The maximum Gasteiger partial charge on any atom is 0.316 e. The Balaban J connectivity index is 0.000000180. The van der Waals surface area contributed by atoms with Crippen LogP contribution >= 0.6 is 11.3 Å². The summed E-state index contributed by atoms with van der Waals surface area (Å²) in [6.45, 7) is 2.80. The predicted molar refractivity (Wildman–Crippen MR) is 118 cm³/mol. The molecule has 0 aliphatic heterocycles. The fraction of sp³-hybridized carbons (Fsp3) is 0.500. The van der Waals surface area contributed by atoms with Crippen LogP contribution in [-0.2, 0) is 48.9 Å². The molecule has 0 radical (unpaired) electrons. The monoisotopic (exact) mass is 470 g/mol. The van der Waals surface area contributed by atoms with Gasteiger partial charge in [0.2, 0.25) is 0 Å². The second-order valence-corrected chi connectivity index (χ2v) is 10.3. The average molecular weight is 471 g/mol. The van der Waals surface area contributed by atoms with Crippen molar-refractivity contribution in [3.05, 3.63) is 38.8 Å². The molecule has 0 bridgehead atoms. The van der Waals surface area contributed by atoms with Crippen LogP contribution in [-0.4, -0.2) is 25.4 Å². The van der Waals surface area contributed by atoms with Crippen molar-refractivity contribution in [2.24, 2.45) is 10.9 Å². The number of benzene rings is 1. The number of primary amides is 1. The molecule has 2 amide bonds. The van der Waals surface area contributed by atoms with Crippen molar-refractivity contribution in [3.8, 4) is 0 Å². The third-order valence-electron chi connectivity index (χ3n) is 5.33. The molecule has 2 aromatic rings. The highest BCUT2D eigenvalue weighted by Crippen LogP contribution is 2.40. The van der Waals surface area contributed by atoms with Crippen LogP contribution in [0.15, 0.2) is 4.21 Å². The maximum atomic E-state index is 14.2. The van der Waals surface area contributed by atoms with Crippen molar-refractivity contribution in [1.29, 1.82) is 0 Å². The van der Waals surface area contributed by atoms with Gasteiger partial charge in [-0.15, -0.1) is 11.3 Å². The van der Waals surface area contributed by atoms with E-state index in [-0.39, 0.29) is 18.1 Å². The molecule has 1 unspecified atom stereocenters. The van der Waals surface area contributed by atoms with Crippen LogP contribution in [0.1, 0.15) is 59.6 Å². The number of carbonyl (C=O) groups excluding carboxylic acids is 1. The van der Waals surface area contributed by atoms with Crippen LogP contribution in [0.2, 0.25) is 0 Å². The van der Waals surface area contributed by atoms with Gasteiger partial charge in [-0.25, -0.2) is 23.5 Å². The molecule has 1 heterocycles. The van der Waals surface area contributed by atoms with Crippen molar-refractivity contribution in [2.75, 3.05) is 5.32 Å². The average Bonchev–Trinajstić information content (AvgIpc) is 3.43. The van der Waals surface area contributed by atoms with Gasteiger partial charge >= 0.3 is 6.03 Å². The van der Waals surface area contributed by atoms with E-state index < -0.39 is 22.6 Å². The van der Waals surface area contributed by atoms with Gasteiger partial charge in [0.15, 0.2) is 0 Å². The molecule has 0 saturated heterocycles. The number of aromatic nitrogens is 1. The second-order valence-electron chi connectivity index (χ2n) is 8.07. The van der Waals surface area contributed by atoms with Crippen molar-refractivity contribution >= 4 is 34.0 Å². The lowest BCUT2D eigenvalue weighted by atomic mass is 9.98. The number of nitrogens with one attached hydrogen (secondary N) is 1. The Morgan fingerprint density at radius 2 is 1.71 bits per heavy atom. The van der Waals surface area contributed by atoms with Gasteiger partial charge in [-0.05, 0) is 74.6 Å². The van der Waals surface area contributed by atoms with Crippen LogP contribution in [0.3, 0.4) is 0 Å². The zero-order chi connectivity index (χ0) is 22.9. The molecular weight excluding hydrogens is 443 g/mol. The van der Waals surface area contributed by atoms with E-state index in [2.05, 4.69) is 10.3 Å². The van der Waals surface area contributed by atoms with Gasteiger partial charge in [0.05, 0.1) is 12.3 Å². The molecule has 0 spiro atoms. The number of carbonyl (C=O) groups is 1. The largest absolute Gasteiger partial charge is 0.390 e. The summed E-state index contributed by atoms with van der Waals surface area (Å²) in [7, 11) is -1.67. The molecule has 1 aromatic carbocycles. The van der Waals surface area contributed by atoms with Gasteiger partial charge < -0.3 is 21.3 Å². The molecule has 0 saturated carbocycles. The van der Waals surface area contributed by atoms with Crippen molar-refractivity contribution in [3.63, 3.8) is 0 Å². The van der Waals surface area contributed by atoms with Gasteiger partial charge in [-0.2, -0.15) is 0 Å². The number of amides is 2. The Morgan fingerprint density at radius 3 is 2.10 bits per heavy atom. The summed E-state index contributed by atoms with van der Waals surface area (Å²) in [6.07, 6.45) is 5.17. The van der Waals surface area contributed by atoms with Crippen LogP contribution in [0.25, 0.3) is 0 Å². The summed E-state index contributed by atoms with van der Waals surface area (Å²) >= 11 is 1.05. The summed E-state index contributed by atoms with van der Waals surface area (Å²) in [5.41, 5.74) is 8.73. The van der Waals surface area contributed by atoms with E-state index in [0.717, 1.165) is 77.8 Å². The predicted octanol–water partition coefficient (Wildman–Crippen LogP) is 2.14. The molecule has 2 aliphatic carbocycles.